The first-order valence-electron chi connectivity index (χ1n) is 13.4. The molecule has 1 N–H and O–H groups in total. The number of rotatable bonds is 4. The van der Waals surface area contributed by atoms with E-state index in [1.165, 1.54) is 0 Å². The van der Waals surface area contributed by atoms with E-state index < -0.39 is 5.41 Å². The van der Waals surface area contributed by atoms with Gasteiger partial charge in [0, 0.05) is 38.4 Å². The van der Waals surface area contributed by atoms with Crippen LogP contribution in [0.1, 0.15) is 22.4 Å². The van der Waals surface area contributed by atoms with E-state index in [1.54, 1.807) is 18.7 Å². The second-order valence-electron chi connectivity index (χ2n) is 10.1. The number of pyridine rings is 1. The molecule has 0 amide bonds. The van der Waals surface area contributed by atoms with Gasteiger partial charge in [-0.25, -0.2) is 4.98 Å². The quantitative estimate of drug-likeness (QED) is 0.188. The van der Waals surface area contributed by atoms with E-state index in [-0.39, 0.29) is 26.8 Å². The van der Waals surface area contributed by atoms with Crippen LogP contribution in [0.3, 0.4) is 0 Å². The molecule has 8 rings (SSSR count). The molecular formula is C36H22N3O2Pt-. The van der Waals surface area contributed by atoms with Crippen molar-refractivity contribution in [3.8, 4) is 39.4 Å². The molecule has 3 heterocycles. The van der Waals surface area contributed by atoms with Crippen LogP contribution in [0.15, 0.2) is 132 Å². The summed E-state index contributed by atoms with van der Waals surface area (Å²) in [4.78, 5) is 14.2. The van der Waals surface area contributed by atoms with Gasteiger partial charge in [0.05, 0.1) is 23.1 Å². The molecule has 1 aliphatic rings. The molecule has 0 unspecified atom stereocenters. The second-order valence-corrected chi connectivity index (χ2v) is 10.1. The molecule has 4 aromatic carbocycles. The van der Waals surface area contributed by atoms with Gasteiger partial charge in [0.25, 0.3) is 0 Å². The van der Waals surface area contributed by atoms with Crippen molar-refractivity contribution in [3.63, 3.8) is 0 Å². The van der Waals surface area contributed by atoms with Gasteiger partial charge in [0.2, 0.25) is 0 Å². The zero-order chi connectivity index (χ0) is 27.4. The van der Waals surface area contributed by atoms with Crippen molar-refractivity contribution in [1.82, 2.24) is 15.0 Å². The van der Waals surface area contributed by atoms with Gasteiger partial charge in [-0.2, -0.15) is 0 Å². The zero-order valence-electron chi connectivity index (χ0n) is 22.1. The van der Waals surface area contributed by atoms with E-state index in [2.05, 4.69) is 76.7 Å². The second kappa shape index (κ2) is 10.2. The summed E-state index contributed by atoms with van der Waals surface area (Å²) in [5, 5.41) is 10.7. The first kappa shape index (κ1) is 26.1. The number of phenolic OH excluding ortho intramolecular Hbond substituents is 1. The Balaban J connectivity index is 0.00000288. The number of para-hydroxylation sites is 1. The summed E-state index contributed by atoms with van der Waals surface area (Å²) in [5.41, 5.74) is 9.84. The van der Waals surface area contributed by atoms with Crippen molar-refractivity contribution in [2.75, 3.05) is 0 Å². The maximum Gasteiger partial charge on any atom is 0.137 e. The minimum absolute atomic E-state index is 0. The molecule has 0 bridgehead atoms. The van der Waals surface area contributed by atoms with Gasteiger partial charge in [-0.15, -0.1) is 35.4 Å². The van der Waals surface area contributed by atoms with Gasteiger partial charge in [0.1, 0.15) is 23.2 Å². The van der Waals surface area contributed by atoms with Gasteiger partial charge in [-0.3, -0.25) is 9.97 Å². The summed E-state index contributed by atoms with van der Waals surface area (Å²) in [6.07, 6.45) is 3.19. The van der Waals surface area contributed by atoms with Crippen molar-refractivity contribution < 1.29 is 30.6 Å². The number of nitrogens with zero attached hydrogens (tertiary/aromatic N) is 3. The van der Waals surface area contributed by atoms with E-state index in [0.29, 0.717) is 22.5 Å². The van der Waals surface area contributed by atoms with E-state index in [0.717, 1.165) is 44.6 Å². The SMILES string of the molecule is Oc1ccccc1-c1cccc(C2(c3[c-]c(-c4ncnc5ccoc45)ccc3)c3ccccc3-c3ccccc32)n1.[Pt]. The molecule has 204 valence electrons. The van der Waals surface area contributed by atoms with Crippen LogP contribution in [-0.2, 0) is 26.5 Å². The number of phenols is 1. The average Bonchev–Trinajstić information content (AvgIpc) is 3.63. The summed E-state index contributed by atoms with van der Waals surface area (Å²) in [5.74, 6) is 0.193. The third kappa shape index (κ3) is 3.78. The Morgan fingerprint density at radius 3 is 2.12 bits per heavy atom. The third-order valence-electron chi connectivity index (χ3n) is 7.96. The van der Waals surface area contributed by atoms with Gasteiger partial charge in [0.15, 0.2) is 0 Å². The first-order chi connectivity index (χ1) is 20.2. The Hall–Kier alpha value is -4.86. The topological polar surface area (TPSA) is 72.0 Å². The summed E-state index contributed by atoms with van der Waals surface area (Å²) in [7, 11) is 0. The molecular weight excluding hydrogens is 701 g/mol. The monoisotopic (exact) mass is 723 g/mol. The molecule has 0 fully saturated rings. The number of hydrogen-bond acceptors (Lipinski definition) is 5. The van der Waals surface area contributed by atoms with Crippen molar-refractivity contribution in [2.24, 2.45) is 0 Å². The number of aromatic hydroxyl groups is 1. The van der Waals surface area contributed by atoms with Crippen LogP contribution in [0.5, 0.6) is 5.75 Å². The van der Waals surface area contributed by atoms with Crippen LogP contribution >= 0.6 is 0 Å². The van der Waals surface area contributed by atoms with Crippen molar-refractivity contribution in [3.05, 3.63) is 156 Å². The summed E-state index contributed by atoms with van der Waals surface area (Å²) in [6, 6.07) is 42.0. The van der Waals surface area contributed by atoms with Crippen molar-refractivity contribution in [2.45, 2.75) is 5.41 Å². The molecule has 0 spiro atoms. The van der Waals surface area contributed by atoms with Gasteiger partial charge in [-0.1, -0.05) is 66.7 Å². The number of aromatic nitrogens is 3. The molecule has 42 heavy (non-hydrogen) atoms. The Bertz CT molecular complexity index is 2060. The minimum atomic E-state index is -0.765. The molecule has 1 aliphatic carbocycles. The smallest absolute Gasteiger partial charge is 0.137 e. The first-order valence-corrected chi connectivity index (χ1v) is 13.4. The van der Waals surface area contributed by atoms with Crippen LogP contribution in [0.4, 0.5) is 0 Å². The number of fused-ring (bicyclic) bond motifs is 4. The molecule has 5 nitrogen and oxygen atoms in total. The predicted molar refractivity (Wildman–Crippen MR) is 158 cm³/mol. The fourth-order valence-corrected chi connectivity index (χ4v) is 6.23. The molecule has 0 aliphatic heterocycles. The summed E-state index contributed by atoms with van der Waals surface area (Å²) >= 11 is 0. The van der Waals surface area contributed by atoms with Crippen LogP contribution in [0, 0.1) is 6.07 Å². The Labute approximate surface area is 256 Å². The number of benzene rings is 4. The maximum atomic E-state index is 10.7. The maximum absolute atomic E-state index is 10.7. The molecule has 0 saturated heterocycles. The van der Waals surface area contributed by atoms with Gasteiger partial charge in [-0.05, 0) is 46.5 Å². The predicted octanol–water partition coefficient (Wildman–Crippen LogP) is 7.82. The summed E-state index contributed by atoms with van der Waals surface area (Å²) < 4.78 is 5.79. The van der Waals surface area contributed by atoms with Gasteiger partial charge >= 0.3 is 0 Å². The Morgan fingerprint density at radius 2 is 1.36 bits per heavy atom. The largest absolute Gasteiger partial charge is 0.507 e. The Kier molecular flexibility index (Phi) is 6.33. The zero-order valence-corrected chi connectivity index (χ0v) is 24.4. The molecule has 6 heteroatoms. The normalized spacial score (nSPS) is 12.9. The fourth-order valence-electron chi connectivity index (χ4n) is 6.23. The van der Waals surface area contributed by atoms with Gasteiger partial charge < -0.3 is 9.52 Å². The van der Waals surface area contributed by atoms with Crippen LogP contribution < -0.4 is 0 Å². The van der Waals surface area contributed by atoms with Crippen LogP contribution in [0.25, 0.3) is 44.7 Å². The van der Waals surface area contributed by atoms with E-state index in [9.17, 15) is 5.11 Å². The molecule has 0 radical (unpaired) electrons. The third-order valence-corrected chi connectivity index (χ3v) is 7.96. The Morgan fingerprint density at radius 1 is 0.667 bits per heavy atom. The molecule has 7 aromatic rings. The van der Waals surface area contributed by atoms with E-state index >= 15 is 0 Å². The molecule has 3 aromatic heterocycles. The molecule has 0 saturated carbocycles. The fraction of sp³-hybridized carbons (Fsp3) is 0.0278. The number of furan rings is 1. The summed E-state index contributed by atoms with van der Waals surface area (Å²) in [6.45, 7) is 0. The standard InChI is InChI=1S/C36H22N3O2.Pt/c40-32-17-6-3-13-27(32)30-16-8-18-33(39-30)36(28-14-4-1-11-25(28)26-12-2-5-15-29(26)36)24-10-7-9-23(21-24)34-35-31(19-20-41-35)37-22-38-34;/h1-20,22,40H;/q-1;. The van der Waals surface area contributed by atoms with Crippen LogP contribution in [0.2, 0.25) is 0 Å². The minimum Gasteiger partial charge on any atom is -0.507 e. The van der Waals surface area contributed by atoms with E-state index in [1.807, 2.05) is 48.5 Å². The van der Waals surface area contributed by atoms with Crippen molar-refractivity contribution in [1.29, 1.82) is 0 Å². The molecule has 0 atom stereocenters. The van der Waals surface area contributed by atoms with Crippen molar-refractivity contribution >= 4 is 11.1 Å². The van der Waals surface area contributed by atoms with Crippen LogP contribution in [-0.4, -0.2) is 20.1 Å². The van der Waals surface area contributed by atoms with E-state index in [4.69, 9.17) is 9.40 Å². The average molecular weight is 724 g/mol. The number of hydrogen-bond donors (Lipinski definition) is 1.